The number of anilines is 1. The number of nitrogens with zero attached hydrogens (tertiary/aromatic N) is 1. The summed E-state index contributed by atoms with van der Waals surface area (Å²) in [5.74, 6) is -0.718. The van der Waals surface area contributed by atoms with Crippen molar-refractivity contribution in [1.29, 1.82) is 0 Å². The minimum absolute atomic E-state index is 0.0240. The first-order chi connectivity index (χ1) is 15.9. The van der Waals surface area contributed by atoms with Crippen molar-refractivity contribution < 1.29 is 13.2 Å². The Morgan fingerprint density at radius 1 is 1.09 bits per heavy atom. The van der Waals surface area contributed by atoms with Crippen LogP contribution in [0.15, 0.2) is 23.0 Å². The molecule has 1 aromatic heterocycles. The molecule has 2 heterocycles. The van der Waals surface area contributed by atoms with E-state index >= 15 is 0 Å². The van der Waals surface area contributed by atoms with E-state index in [1.807, 2.05) is 0 Å². The quantitative estimate of drug-likeness (QED) is 0.504. The van der Waals surface area contributed by atoms with Crippen LogP contribution in [0.2, 0.25) is 0 Å². The normalized spacial score (nSPS) is 22.8. The van der Waals surface area contributed by atoms with Crippen molar-refractivity contribution in [1.82, 2.24) is 15.3 Å². The van der Waals surface area contributed by atoms with Crippen LogP contribution < -0.4 is 21.9 Å². The van der Waals surface area contributed by atoms with Gasteiger partial charge in [-0.1, -0.05) is 6.07 Å². The van der Waals surface area contributed by atoms with Crippen LogP contribution >= 0.6 is 0 Å². The molecule has 1 saturated heterocycles. The summed E-state index contributed by atoms with van der Waals surface area (Å²) in [5, 5.41) is 6.43. The number of hydrogen-bond acceptors (Lipinski definition) is 5. The van der Waals surface area contributed by atoms with Gasteiger partial charge in [-0.25, -0.2) is 18.2 Å². The number of aromatic nitrogens is 2. The number of aromatic amines is 1. The topological polar surface area (TPSA) is 95.8 Å². The zero-order valence-corrected chi connectivity index (χ0v) is 18.7. The van der Waals surface area contributed by atoms with Crippen LogP contribution in [0.25, 0.3) is 0 Å². The molecule has 4 rings (SSSR count). The van der Waals surface area contributed by atoms with E-state index in [1.54, 1.807) is 0 Å². The lowest BCUT2D eigenvalue weighted by Gasteiger charge is -2.29. The second-order valence-corrected chi connectivity index (χ2v) is 9.27. The lowest BCUT2D eigenvalue weighted by Crippen LogP contribution is -2.34. The van der Waals surface area contributed by atoms with Gasteiger partial charge in [0, 0.05) is 30.1 Å². The Hall–Kier alpha value is -2.39. The highest BCUT2D eigenvalue weighted by Crippen LogP contribution is 2.37. The molecule has 5 N–H and O–H groups in total. The molecule has 2 aromatic rings. The highest BCUT2D eigenvalue weighted by Gasteiger charge is 2.30. The highest BCUT2D eigenvalue weighted by molar-refractivity contribution is 5.35. The number of hydrogen-bond donors (Lipinski definition) is 4. The second kappa shape index (κ2) is 10.7. The van der Waals surface area contributed by atoms with Crippen LogP contribution in [0.3, 0.4) is 0 Å². The Bertz CT molecular complexity index is 1000. The van der Waals surface area contributed by atoms with Gasteiger partial charge in [0.1, 0.15) is 17.8 Å². The second-order valence-electron chi connectivity index (χ2n) is 9.27. The Balaban J connectivity index is 1.51. The van der Waals surface area contributed by atoms with E-state index in [2.05, 4.69) is 15.6 Å². The minimum atomic E-state index is -0.788. The van der Waals surface area contributed by atoms with Gasteiger partial charge >= 0.3 is 0 Å². The van der Waals surface area contributed by atoms with Crippen molar-refractivity contribution in [3.8, 4) is 0 Å². The first-order valence-electron chi connectivity index (χ1n) is 11.8. The lowest BCUT2D eigenvalue weighted by atomic mass is 9.80. The molecule has 9 heteroatoms. The number of halogens is 3. The number of nitrogens with two attached hydrogens (primary N) is 1. The maximum absolute atomic E-state index is 13.9. The Morgan fingerprint density at radius 3 is 2.52 bits per heavy atom. The molecule has 0 bridgehead atoms. The van der Waals surface area contributed by atoms with E-state index in [4.69, 9.17) is 10.7 Å². The zero-order valence-electron chi connectivity index (χ0n) is 18.7. The van der Waals surface area contributed by atoms with Gasteiger partial charge in [-0.2, -0.15) is 0 Å². The van der Waals surface area contributed by atoms with Gasteiger partial charge in [0.25, 0.3) is 5.56 Å². The molecule has 1 atom stereocenters. The van der Waals surface area contributed by atoms with Crippen LogP contribution in [0.5, 0.6) is 0 Å². The summed E-state index contributed by atoms with van der Waals surface area (Å²) in [7, 11) is 0. The number of alkyl halides is 1. The fourth-order valence-electron chi connectivity index (χ4n) is 5.00. The predicted molar refractivity (Wildman–Crippen MR) is 122 cm³/mol. The molecular weight excluding hydrogens is 431 g/mol. The molecule has 6 nitrogen and oxygen atoms in total. The zero-order chi connectivity index (χ0) is 23.4. The van der Waals surface area contributed by atoms with Gasteiger partial charge in [-0.15, -0.1) is 0 Å². The molecular formula is C24H32F3N5O. The first kappa shape index (κ1) is 23.8. The molecule has 0 spiro atoms. The largest absolute Gasteiger partial charge is 0.354 e. The van der Waals surface area contributed by atoms with Gasteiger partial charge in [0.05, 0.1) is 5.69 Å². The number of nitrogens with one attached hydrogen (secondary N) is 3. The molecule has 0 radical (unpaired) electrons. The minimum Gasteiger partial charge on any atom is -0.354 e. The number of rotatable bonds is 7. The van der Waals surface area contributed by atoms with Crippen LogP contribution in [-0.4, -0.2) is 41.8 Å². The number of piperidine rings is 1. The van der Waals surface area contributed by atoms with E-state index in [1.165, 1.54) is 12.1 Å². The third-order valence-corrected chi connectivity index (χ3v) is 6.80. The van der Waals surface area contributed by atoms with E-state index < -0.39 is 23.8 Å². The predicted octanol–water partition coefficient (Wildman–Crippen LogP) is 3.49. The van der Waals surface area contributed by atoms with E-state index in [-0.39, 0.29) is 30.4 Å². The van der Waals surface area contributed by atoms with Gasteiger partial charge in [-0.05, 0) is 75.6 Å². The third-order valence-electron chi connectivity index (χ3n) is 6.80. The Morgan fingerprint density at radius 2 is 1.82 bits per heavy atom. The lowest BCUT2D eigenvalue weighted by molar-refractivity contribution is 0.234. The summed E-state index contributed by atoms with van der Waals surface area (Å²) in [4.78, 5) is 20.8. The maximum Gasteiger partial charge on any atom is 0.256 e. The first-order valence-corrected chi connectivity index (χ1v) is 11.8. The van der Waals surface area contributed by atoms with E-state index in [9.17, 15) is 18.0 Å². The molecule has 1 saturated carbocycles. The SMILES string of the molecule is NC(CNc1nc(C2CCNCC2)c(C2CCC(F)CC2)c(=O)[nH]1)Cc1ccc(F)cc1F. The monoisotopic (exact) mass is 463 g/mol. The van der Waals surface area contributed by atoms with Crippen LogP contribution in [0.1, 0.15) is 67.2 Å². The van der Waals surface area contributed by atoms with Crippen LogP contribution in [0.4, 0.5) is 19.1 Å². The van der Waals surface area contributed by atoms with Crippen molar-refractivity contribution in [2.45, 2.75) is 69.0 Å². The van der Waals surface area contributed by atoms with Crippen molar-refractivity contribution >= 4 is 5.95 Å². The summed E-state index contributed by atoms with van der Waals surface area (Å²) in [5.41, 5.74) is 7.82. The molecule has 2 aliphatic rings. The van der Waals surface area contributed by atoms with E-state index in [0.717, 1.165) is 37.7 Å². The average molecular weight is 464 g/mol. The van der Waals surface area contributed by atoms with Gasteiger partial charge in [0.15, 0.2) is 0 Å². The average Bonchev–Trinajstić information content (AvgIpc) is 2.80. The molecule has 1 unspecified atom stereocenters. The molecule has 33 heavy (non-hydrogen) atoms. The Kier molecular flexibility index (Phi) is 7.70. The van der Waals surface area contributed by atoms with Crippen molar-refractivity contribution in [2.75, 3.05) is 25.0 Å². The van der Waals surface area contributed by atoms with Gasteiger partial charge < -0.3 is 16.4 Å². The van der Waals surface area contributed by atoms with Crippen LogP contribution in [-0.2, 0) is 6.42 Å². The Labute approximate surface area is 191 Å². The number of benzene rings is 1. The third kappa shape index (κ3) is 5.95. The molecule has 2 fully saturated rings. The van der Waals surface area contributed by atoms with Crippen molar-refractivity contribution in [2.24, 2.45) is 5.73 Å². The smallest absolute Gasteiger partial charge is 0.256 e. The molecule has 1 aromatic carbocycles. The molecule has 0 amide bonds. The standard InChI is InChI=1S/C24H32F3N5O/c25-17-4-1-14(2-5-17)21-22(15-7-9-29-10-8-15)31-24(32-23(21)33)30-13-19(28)11-16-3-6-18(26)12-20(16)27/h3,6,12,14-15,17,19,29H,1-2,4-5,7-11,13,28H2,(H2,30,31,32,33). The molecule has 1 aliphatic carbocycles. The maximum atomic E-state index is 13.9. The summed E-state index contributed by atoms with van der Waals surface area (Å²) < 4.78 is 40.7. The highest BCUT2D eigenvalue weighted by atomic mass is 19.1. The number of H-pyrrole nitrogens is 1. The summed E-state index contributed by atoms with van der Waals surface area (Å²) in [6, 6.07) is 2.98. The fraction of sp³-hybridized carbons (Fsp3) is 0.583. The van der Waals surface area contributed by atoms with Gasteiger partial charge in [0.2, 0.25) is 5.95 Å². The fourth-order valence-corrected chi connectivity index (χ4v) is 5.00. The molecule has 180 valence electrons. The van der Waals surface area contributed by atoms with Crippen LogP contribution in [0, 0.1) is 11.6 Å². The van der Waals surface area contributed by atoms with Crippen molar-refractivity contribution in [3.05, 3.63) is 57.0 Å². The summed E-state index contributed by atoms with van der Waals surface area (Å²) >= 11 is 0. The summed E-state index contributed by atoms with van der Waals surface area (Å²) in [6.45, 7) is 2.00. The van der Waals surface area contributed by atoms with Crippen molar-refractivity contribution in [3.63, 3.8) is 0 Å². The summed E-state index contributed by atoms with van der Waals surface area (Å²) in [6.07, 6.45) is 3.49. The molecule has 1 aliphatic heterocycles. The van der Waals surface area contributed by atoms with E-state index in [0.29, 0.717) is 42.8 Å². The van der Waals surface area contributed by atoms with Gasteiger partial charge in [-0.3, -0.25) is 9.78 Å².